The molecule has 222 valence electrons. The smallest absolute Gasteiger partial charge is 0.378 e. The van der Waals surface area contributed by atoms with Gasteiger partial charge >= 0.3 is 12.8 Å². The van der Waals surface area contributed by atoms with Crippen LogP contribution in [0.3, 0.4) is 0 Å². The first-order valence-corrected chi connectivity index (χ1v) is 12.8. The van der Waals surface area contributed by atoms with E-state index in [0.717, 1.165) is 24.6 Å². The summed E-state index contributed by atoms with van der Waals surface area (Å²) >= 11 is 0. The molecule has 16 heteroatoms. The zero-order valence-electron chi connectivity index (χ0n) is 21.7. The quantitative estimate of drug-likeness (QED) is 0.243. The number of benzene rings is 1. The first kappa shape index (κ1) is 29.2. The van der Waals surface area contributed by atoms with Crippen LogP contribution in [0.1, 0.15) is 42.9 Å². The Morgan fingerprint density at radius 1 is 1.10 bits per heavy atom. The predicted octanol–water partition coefficient (Wildman–Crippen LogP) is 4.47. The Hall–Kier alpha value is -4.34. The first-order valence-electron chi connectivity index (χ1n) is 12.8. The number of H-pyrrole nitrogens is 1. The van der Waals surface area contributed by atoms with Crippen LogP contribution < -0.4 is 16.4 Å². The van der Waals surface area contributed by atoms with Gasteiger partial charge in [0, 0.05) is 30.3 Å². The number of nitrogens with zero attached hydrogens (tertiary/aromatic N) is 5. The van der Waals surface area contributed by atoms with Gasteiger partial charge in [-0.2, -0.15) is 27.1 Å². The first-order chi connectivity index (χ1) is 20.0. The van der Waals surface area contributed by atoms with Crippen molar-refractivity contribution in [1.29, 1.82) is 0 Å². The average molecular weight is 596 g/mol. The maximum Gasteiger partial charge on any atom is 0.423 e. The molecule has 10 nitrogen and oxygen atoms in total. The molecule has 0 saturated heterocycles. The Bertz CT molecular complexity index is 1690. The van der Waals surface area contributed by atoms with Gasteiger partial charge in [-0.05, 0) is 37.8 Å². The predicted molar refractivity (Wildman–Crippen MR) is 137 cm³/mol. The van der Waals surface area contributed by atoms with E-state index in [1.54, 1.807) is 11.3 Å². The van der Waals surface area contributed by atoms with E-state index in [4.69, 9.17) is 0 Å². The second kappa shape index (κ2) is 11.9. The Morgan fingerprint density at radius 2 is 1.88 bits per heavy atom. The zero-order valence-corrected chi connectivity index (χ0v) is 21.7. The van der Waals surface area contributed by atoms with Crippen molar-refractivity contribution >= 4 is 16.6 Å². The summed E-state index contributed by atoms with van der Waals surface area (Å²) in [6.07, 6.45) is 2.11. The van der Waals surface area contributed by atoms with Gasteiger partial charge in [0.05, 0.1) is 53.3 Å². The van der Waals surface area contributed by atoms with Crippen molar-refractivity contribution in [3.8, 4) is 11.3 Å². The van der Waals surface area contributed by atoms with Crippen molar-refractivity contribution in [2.75, 3.05) is 11.9 Å². The van der Waals surface area contributed by atoms with Gasteiger partial charge in [-0.25, -0.2) is 14.5 Å². The van der Waals surface area contributed by atoms with Crippen molar-refractivity contribution in [1.82, 2.24) is 29.7 Å². The Labute approximate surface area is 232 Å². The highest BCUT2D eigenvalue weighted by atomic mass is 19.4. The van der Waals surface area contributed by atoms with E-state index in [-0.39, 0.29) is 35.9 Å². The van der Waals surface area contributed by atoms with E-state index in [0.29, 0.717) is 17.8 Å². The van der Waals surface area contributed by atoms with Crippen LogP contribution in [0.25, 0.3) is 22.2 Å². The van der Waals surface area contributed by atoms with Gasteiger partial charge < -0.3 is 10.1 Å². The number of rotatable bonds is 11. The minimum Gasteiger partial charge on any atom is -0.378 e. The summed E-state index contributed by atoms with van der Waals surface area (Å²) in [7, 11) is 0. The van der Waals surface area contributed by atoms with Crippen LogP contribution in [0.5, 0.6) is 0 Å². The topological polar surface area (TPSA) is 128 Å². The number of hydrogen-bond acceptors (Lipinski definition) is 8. The maximum absolute atomic E-state index is 15.0. The standard InChI is InChI=1S/C26H23F6N7O3/c27-17-6-16-18(7-15(17)20-9-33-19(8-34-20)13-3-4-13)35-12-39(24(16)41)5-1-2-14(11-42-25(28)29)37-21-10-36-38-23(40)22(21)26(30,31)32/h6-10,12-14,25H,1-5,11H2,(H2,37,38,40)/t14-/m1/s1. The number of ether oxygens (including phenoxy) is 1. The number of alkyl halides is 5. The Balaban J connectivity index is 1.31. The molecular formula is C26H23F6N7O3. The molecule has 0 amide bonds. The van der Waals surface area contributed by atoms with Crippen molar-refractivity contribution in [3.05, 3.63) is 74.8 Å². The van der Waals surface area contributed by atoms with Gasteiger partial charge in [0.25, 0.3) is 11.1 Å². The number of fused-ring (bicyclic) bond motifs is 1. The molecule has 0 spiro atoms. The summed E-state index contributed by atoms with van der Waals surface area (Å²) in [5.74, 6) is -0.318. The molecule has 4 aromatic rings. The number of halogens is 6. The molecule has 42 heavy (non-hydrogen) atoms. The van der Waals surface area contributed by atoms with Crippen molar-refractivity contribution in [3.63, 3.8) is 0 Å². The second-order valence-electron chi connectivity index (χ2n) is 9.76. The molecule has 0 aliphatic heterocycles. The van der Waals surface area contributed by atoms with Crippen LogP contribution in [0, 0.1) is 5.82 Å². The number of nitrogens with one attached hydrogen (secondary N) is 2. The number of hydrogen-bond donors (Lipinski definition) is 2. The van der Waals surface area contributed by atoms with Crippen LogP contribution in [0.4, 0.5) is 32.0 Å². The second-order valence-corrected chi connectivity index (χ2v) is 9.76. The minimum absolute atomic E-state index is 0.0126. The summed E-state index contributed by atoms with van der Waals surface area (Å²) in [5.41, 5.74) is -2.89. The molecular weight excluding hydrogens is 572 g/mol. The van der Waals surface area contributed by atoms with Crippen LogP contribution in [0.15, 0.2) is 46.6 Å². The lowest BCUT2D eigenvalue weighted by molar-refractivity contribution is -0.138. The zero-order chi connectivity index (χ0) is 30.0. The van der Waals surface area contributed by atoms with Crippen molar-refractivity contribution in [2.45, 2.75) is 57.0 Å². The molecule has 1 aliphatic rings. The molecule has 3 aromatic heterocycles. The lowest BCUT2D eigenvalue weighted by atomic mass is 10.1. The van der Waals surface area contributed by atoms with E-state index in [9.17, 15) is 31.5 Å². The van der Waals surface area contributed by atoms with Crippen LogP contribution in [-0.4, -0.2) is 49.0 Å². The van der Waals surface area contributed by atoms with Gasteiger partial charge in [-0.3, -0.25) is 24.1 Å². The summed E-state index contributed by atoms with van der Waals surface area (Å²) in [4.78, 5) is 37.7. The average Bonchev–Trinajstić information content (AvgIpc) is 3.78. The van der Waals surface area contributed by atoms with E-state index in [1.165, 1.54) is 23.2 Å². The van der Waals surface area contributed by atoms with Gasteiger partial charge in [0.1, 0.15) is 11.4 Å². The van der Waals surface area contributed by atoms with E-state index >= 15 is 4.39 Å². The third kappa shape index (κ3) is 6.58. The van der Waals surface area contributed by atoms with Crippen LogP contribution in [0.2, 0.25) is 0 Å². The molecule has 1 atom stereocenters. The highest BCUT2D eigenvalue weighted by Crippen LogP contribution is 2.39. The number of aryl methyl sites for hydroxylation is 1. The van der Waals surface area contributed by atoms with E-state index in [1.807, 2.05) is 0 Å². The SMILES string of the molecule is O=c1[nH]ncc(N[C@H](CCCn2cnc3cc(-c4cnc(C5CC5)cn4)c(F)cc3c2=O)COC(F)F)c1C(F)(F)F. The maximum atomic E-state index is 15.0. The molecule has 5 rings (SSSR count). The highest BCUT2D eigenvalue weighted by Gasteiger charge is 2.37. The number of aromatic nitrogens is 6. The summed E-state index contributed by atoms with van der Waals surface area (Å²) < 4.78 is 86.0. The molecule has 1 aliphatic carbocycles. The highest BCUT2D eigenvalue weighted by molar-refractivity contribution is 5.83. The third-order valence-corrected chi connectivity index (χ3v) is 6.73. The monoisotopic (exact) mass is 595 g/mol. The molecule has 0 unspecified atom stereocenters. The molecule has 1 saturated carbocycles. The lowest BCUT2D eigenvalue weighted by Gasteiger charge is -2.22. The van der Waals surface area contributed by atoms with Gasteiger partial charge in [-0.15, -0.1) is 0 Å². The fourth-order valence-corrected chi connectivity index (χ4v) is 4.50. The Kier molecular flexibility index (Phi) is 8.24. The Morgan fingerprint density at radius 3 is 2.55 bits per heavy atom. The van der Waals surface area contributed by atoms with Gasteiger partial charge in [-0.1, -0.05) is 0 Å². The van der Waals surface area contributed by atoms with E-state index in [2.05, 4.69) is 30.1 Å². The van der Waals surface area contributed by atoms with Gasteiger partial charge in [0.15, 0.2) is 0 Å². The lowest BCUT2D eigenvalue weighted by Crippen LogP contribution is -2.32. The van der Waals surface area contributed by atoms with E-state index < -0.39 is 53.6 Å². The van der Waals surface area contributed by atoms with Crippen molar-refractivity contribution in [2.24, 2.45) is 0 Å². The normalized spacial score (nSPS) is 14.5. The van der Waals surface area contributed by atoms with Crippen LogP contribution >= 0.6 is 0 Å². The fourth-order valence-electron chi connectivity index (χ4n) is 4.50. The summed E-state index contributed by atoms with van der Waals surface area (Å²) in [6.45, 7) is -3.92. The minimum atomic E-state index is -5.04. The van der Waals surface area contributed by atoms with Gasteiger partial charge in [0.2, 0.25) is 0 Å². The number of anilines is 1. The fraction of sp³-hybridized carbons (Fsp3) is 0.385. The third-order valence-electron chi connectivity index (χ3n) is 6.73. The largest absolute Gasteiger partial charge is 0.423 e. The molecule has 0 radical (unpaired) electrons. The van der Waals surface area contributed by atoms with Crippen molar-refractivity contribution < 1.29 is 31.1 Å². The molecule has 0 bridgehead atoms. The van der Waals surface area contributed by atoms with Crippen LogP contribution in [-0.2, 0) is 17.5 Å². The number of aromatic amines is 1. The molecule has 1 aromatic carbocycles. The molecule has 1 fully saturated rings. The molecule has 3 heterocycles. The summed E-state index contributed by atoms with van der Waals surface area (Å²) in [5, 5.41) is 7.41. The molecule has 2 N–H and O–H groups in total. The summed E-state index contributed by atoms with van der Waals surface area (Å²) in [6, 6.07) is 1.33.